The highest BCUT2D eigenvalue weighted by Crippen LogP contribution is 2.52. The summed E-state index contributed by atoms with van der Waals surface area (Å²) in [5.41, 5.74) is 0. The van der Waals surface area contributed by atoms with Crippen LogP contribution in [0.1, 0.15) is 6.92 Å². The molecule has 0 nitrogen and oxygen atoms in total. The van der Waals surface area contributed by atoms with Crippen molar-refractivity contribution in [1.82, 2.24) is 0 Å². The van der Waals surface area contributed by atoms with Crippen molar-refractivity contribution in [3.63, 3.8) is 0 Å². The molecule has 0 N–H and O–H groups in total. The summed E-state index contributed by atoms with van der Waals surface area (Å²) in [5, 5.41) is 0. The summed E-state index contributed by atoms with van der Waals surface area (Å²) < 4.78 is 0.729. The first-order valence-corrected chi connectivity index (χ1v) is 16.2. The zero-order valence-electron chi connectivity index (χ0n) is 12.0. The van der Waals surface area contributed by atoms with E-state index in [1.807, 2.05) is 0 Å². The number of hydrogen-bond acceptors (Lipinski definition) is 0. The standard InChI is InChI=1S/C11H30Si3/c1-11(12(2,3)4,13(5,6)7)14(8,9)10/h1-10H3. The second-order valence-electron chi connectivity index (χ2n) is 7.88. The van der Waals surface area contributed by atoms with E-state index in [4.69, 9.17) is 0 Å². The van der Waals surface area contributed by atoms with Crippen molar-refractivity contribution in [2.45, 2.75) is 70.1 Å². The molecule has 0 aliphatic carbocycles. The molecule has 0 radical (unpaired) electrons. The second kappa shape index (κ2) is 3.60. The maximum Gasteiger partial charge on any atom is 0.0449 e. The highest BCUT2D eigenvalue weighted by molar-refractivity contribution is 7.14. The van der Waals surface area contributed by atoms with Crippen LogP contribution in [-0.2, 0) is 0 Å². The van der Waals surface area contributed by atoms with Crippen LogP contribution in [0.2, 0.25) is 63.2 Å². The summed E-state index contributed by atoms with van der Waals surface area (Å²) in [6.07, 6.45) is 0. The van der Waals surface area contributed by atoms with Gasteiger partial charge in [0, 0.05) is 24.2 Å². The van der Waals surface area contributed by atoms with Crippen molar-refractivity contribution in [3.05, 3.63) is 0 Å². The average Bonchev–Trinajstić information content (AvgIpc) is 1.77. The van der Waals surface area contributed by atoms with Gasteiger partial charge >= 0.3 is 0 Å². The lowest BCUT2D eigenvalue weighted by atomic mass is 10.9. The van der Waals surface area contributed by atoms with Crippen LogP contribution in [0, 0.1) is 0 Å². The molecule has 0 rings (SSSR count). The Labute approximate surface area is 94.5 Å². The molecule has 0 aliphatic heterocycles. The van der Waals surface area contributed by atoms with Gasteiger partial charge in [-0.2, -0.15) is 0 Å². The van der Waals surface area contributed by atoms with Gasteiger partial charge in [0.2, 0.25) is 0 Å². The van der Waals surface area contributed by atoms with Crippen molar-refractivity contribution in [3.8, 4) is 0 Å². The van der Waals surface area contributed by atoms with Crippen LogP contribution < -0.4 is 0 Å². The van der Waals surface area contributed by atoms with Gasteiger partial charge in [0.15, 0.2) is 0 Å². The summed E-state index contributed by atoms with van der Waals surface area (Å²) >= 11 is 0. The molecule has 0 fully saturated rings. The van der Waals surface area contributed by atoms with Gasteiger partial charge in [0.25, 0.3) is 0 Å². The molecule has 0 aromatic heterocycles. The SMILES string of the molecule is CC([Si](C)(C)C)([Si](C)(C)C)[Si](C)(C)C. The van der Waals surface area contributed by atoms with E-state index in [1.54, 1.807) is 0 Å². The number of hydrogen-bond donors (Lipinski definition) is 0. The van der Waals surface area contributed by atoms with E-state index < -0.39 is 24.2 Å². The molecule has 0 saturated carbocycles. The Balaban J connectivity index is 5.54. The van der Waals surface area contributed by atoms with Crippen molar-refractivity contribution in [2.24, 2.45) is 0 Å². The Hall–Kier alpha value is 0.651. The van der Waals surface area contributed by atoms with Crippen molar-refractivity contribution in [2.75, 3.05) is 0 Å². The third-order valence-corrected chi connectivity index (χ3v) is 27.0. The van der Waals surface area contributed by atoms with Gasteiger partial charge in [-0.05, 0) is 4.28 Å². The van der Waals surface area contributed by atoms with Gasteiger partial charge in [0.1, 0.15) is 0 Å². The van der Waals surface area contributed by atoms with Crippen molar-refractivity contribution >= 4 is 24.2 Å². The first-order chi connectivity index (χ1) is 5.75. The number of rotatable bonds is 3. The summed E-state index contributed by atoms with van der Waals surface area (Å²) in [4.78, 5) is 0. The molecular weight excluding hydrogens is 216 g/mol. The first kappa shape index (κ1) is 14.7. The Kier molecular flexibility index (Phi) is 3.76. The molecule has 0 aromatic rings. The Morgan fingerprint density at radius 2 is 0.643 bits per heavy atom. The summed E-state index contributed by atoms with van der Waals surface area (Å²) in [6.45, 7) is 25.8. The molecule has 0 amide bonds. The maximum absolute atomic E-state index is 2.62. The molecule has 0 bridgehead atoms. The Bertz CT molecular complexity index is 164. The highest BCUT2D eigenvalue weighted by atomic mass is 28.5. The van der Waals surface area contributed by atoms with Gasteiger partial charge in [-0.3, -0.25) is 0 Å². The molecule has 86 valence electrons. The van der Waals surface area contributed by atoms with Gasteiger partial charge < -0.3 is 0 Å². The topological polar surface area (TPSA) is 0 Å². The van der Waals surface area contributed by atoms with Crippen LogP contribution in [0.25, 0.3) is 0 Å². The van der Waals surface area contributed by atoms with Crippen LogP contribution in [-0.4, -0.2) is 24.2 Å². The maximum atomic E-state index is 2.62. The predicted octanol–water partition coefficient (Wildman–Crippen LogP) is 4.84. The minimum Gasteiger partial charge on any atom is -0.0696 e. The zero-order chi connectivity index (χ0) is 12.0. The van der Waals surface area contributed by atoms with Crippen molar-refractivity contribution < 1.29 is 0 Å². The molecular formula is C11H30Si3. The minimum atomic E-state index is -1.06. The fourth-order valence-electron chi connectivity index (χ4n) is 3.38. The van der Waals surface area contributed by atoms with Crippen LogP contribution in [0.5, 0.6) is 0 Å². The van der Waals surface area contributed by atoms with E-state index in [-0.39, 0.29) is 0 Å². The van der Waals surface area contributed by atoms with Crippen LogP contribution in [0.3, 0.4) is 0 Å². The van der Waals surface area contributed by atoms with Gasteiger partial charge in [0.05, 0.1) is 0 Å². The van der Waals surface area contributed by atoms with E-state index >= 15 is 0 Å². The summed E-state index contributed by atoms with van der Waals surface area (Å²) in [6, 6.07) is 0. The molecule has 0 saturated heterocycles. The van der Waals surface area contributed by atoms with Gasteiger partial charge in [-0.15, -0.1) is 0 Å². The predicted molar refractivity (Wildman–Crippen MR) is 78.4 cm³/mol. The summed E-state index contributed by atoms with van der Waals surface area (Å²) in [5.74, 6) is 0. The largest absolute Gasteiger partial charge is 0.0696 e. The van der Waals surface area contributed by atoms with E-state index in [9.17, 15) is 0 Å². The van der Waals surface area contributed by atoms with Gasteiger partial charge in [-0.1, -0.05) is 65.8 Å². The van der Waals surface area contributed by atoms with E-state index in [1.165, 1.54) is 0 Å². The smallest absolute Gasteiger partial charge is 0.0449 e. The quantitative estimate of drug-likeness (QED) is 0.625. The normalized spacial score (nSPS) is 15.9. The van der Waals surface area contributed by atoms with Crippen LogP contribution in [0.4, 0.5) is 0 Å². The molecule has 0 atom stereocenters. The highest BCUT2D eigenvalue weighted by Gasteiger charge is 2.56. The molecule has 0 unspecified atom stereocenters. The average molecular weight is 247 g/mol. The van der Waals surface area contributed by atoms with E-state index in [0.717, 1.165) is 4.28 Å². The molecule has 0 spiro atoms. The lowest BCUT2D eigenvalue weighted by Crippen LogP contribution is -2.64. The van der Waals surface area contributed by atoms with E-state index in [0.29, 0.717) is 0 Å². The lowest BCUT2D eigenvalue weighted by Gasteiger charge is -2.57. The van der Waals surface area contributed by atoms with Crippen LogP contribution >= 0.6 is 0 Å². The zero-order valence-corrected chi connectivity index (χ0v) is 15.0. The molecule has 0 heterocycles. The summed E-state index contributed by atoms with van der Waals surface area (Å²) in [7, 11) is -3.17. The Morgan fingerprint density at radius 1 is 0.500 bits per heavy atom. The molecule has 0 aliphatic rings. The first-order valence-electron chi connectivity index (χ1n) is 5.75. The fraction of sp³-hybridized carbons (Fsp3) is 1.00. The minimum absolute atomic E-state index is 0.729. The lowest BCUT2D eigenvalue weighted by molar-refractivity contribution is 1.01. The third-order valence-electron chi connectivity index (χ3n) is 4.50. The monoisotopic (exact) mass is 246 g/mol. The van der Waals surface area contributed by atoms with Crippen LogP contribution in [0.15, 0.2) is 0 Å². The third kappa shape index (κ3) is 2.25. The fourth-order valence-corrected chi connectivity index (χ4v) is 30.4. The van der Waals surface area contributed by atoms with Crippen molar-refractivity contribution in [1.29, 1.82) is 0 Å². The van der Waals surface area contributed by atoms with Gasteiger partial charge in [-0.25, -0.2) is 0 Å². The second-order valence-corrected chi connectivity index (χ2v) is 25.9. The molecule has 3 heteroatoms. The molecule has 14 heavy (non-hydrogen) atoms. The molecule has 0 aromatic carbocycles. The van der Waals surface area contributed by atoms with E-state index in [2.05, 4.69) is 65.8 Å². The Morgan fingerprint density at radius 3 is 0.643 bits per heavy atom.